The van der Waals surface area contributed by atoms with Gasteiger partial charge in [0, 0.05) is 5.56 Å². The molecule has 0 atom stereocenters. The van der Waals surface area contributed by atoms with Gasteiger partial charge in [0.1, 0.15) is 11.4 Å². The van der Waals surface area contributed by atoms with Crippen molar-refractivity contribution < 1.29 is 9.53 Å². The molecule has 0 bridgehead atoms. The van der Waals surface area contributed by atoms with Crippen molar-refractivity contribution >= 4 is 12.1 Å². The lowest BCUT2D eigenvalue weighted by molar-refractivity contribution is 0.0950. The Hall–Kier alpha value is -3.41. The van der Waals surface area contributed by atoms with Crippen LogP contribution in [0.15, 0.2) is 65.8 Å². The van der Waals surface area contributed by atoms with Crippen molar-refractivity contribution in [1.82, 2.24) is 15.6 Å². The fourth-order valence-corrected chi connectivity index (χ4v) is 2.40. The Balaban J connectivity index is 1.54. The fourth-order valence-electron chi connectivity index (χ4n) is 2.40. The maximum absolute atomic E-state index is 12.2. The maximum Gasteiger partial charge on any atom is 0.289 e. The summed E-state index contributed by atoms with van der Waals surface area (Å²) in [5.41, 5.74) is 5.37. The van der Waals surface area contributed by atoms with Crippen LogP contribution >= 0.6 is 0 Å². The molecule has 1 aromatic heterocycles. The summed E-state index contributed by atoms with van der Waals surface area (Å²) >= 11 is 0. The second-order valence-corrected chi connectivity index (χ2v) is 6.00. The van der Waals surface area contributed by atoms with E-state index >= 15 is 0 Å². The summed E-state index contributed by atoms with van der Waals surface area (Å²) in [5.74, 6) is 0.482. The largest absolute Gasteiger partial charge is 0.494 e. The SMILES string of the molecule is CCCCOc1ccc(/C=N/NC(=O)c2cc(-c3ccccc3)n[nH]2)cc1. The standard InChI is InChI=1S/C21H22N4O2/c1-2-3-13-27-18-11-9-16(10-12-18)15-22-25-21(26)20-14-19(23-24-20)17-7-5-4-6-8-17/h4-12,14-15H,2-3,13H2,1H3,(H,23,24)(H,25,26)/b22-15+. The molecule has 1 amide bonds. The van der Waals surface area contributed by atoms with Gasteiger partial charge >= 0.3 is 0 Å². The third-order valence-electron chi connectivity index (χ3n) is 3.92. The molecule has 3 rings (SSSR count). The van der Waals surface area contributed by atoms with Crippen LogP contribution in [0.3, 0.4) is 0 Å². The molecule has 27 heavy (non-hydrogen) atoms. The Morgan fingerprint density at radius 3 is 2.70 bits per heavy atom. The Kier molecular flexibility index (Phi) is 6.35. The summed E-state index contributed by atoms with van der Waals surface area (Å²) in [6.07, 6.45) is 3.73. The number of benzene rings is 2. The molecule has 0 fully saturated rings. The number of aromatic nitrogens is 2. The zero-order chi connectivity index (χ0) is 18.9. The van der Waals surface area contributed by atoms with Crippen LogP contribution in [0.1, 0.15) is 35.8 Å². The quantitative estimate of drug-likeness (QED) is 0.361. The first kappa shape index (κ1) is 18.4. The lowest BCUT2D eigenvalue weighted by Crippen LogP contribution is -2.17. The van der Waals surface area contributed by atoms with E-state index < -0.39 is 0 Å². The van der Waals surface area contributed by atoms with Crippen molar-refractivity contribution in [1.29, 1.82) is 0 Å². The molecule has 0 aliphatic heterocycles. The molecule has 6 nitrogen and oxygen atoms in total. The van der Waals surface area contributed by atoms with Crippen molar-refractivity contribution in [3.63, 3.8) is 0 Å². The van der Waals surface area contributed by atoms with E-state index in [0.717, 1.165) is 36.3 Å². The molecule has 0 radical (unpaired) electrons. The summed E-state index contributed by atoms with van der Waals surface area (Å²) in [4.78, 5) is 12.2. The van der Waals surface area contributed by atoms with E-state index in [4.69, 9.17) is 4.74 Å². The zero-order valence-electron chi connectivity index (χ0n) is 15.2. The summed E-state index contributed by atoms with van der Waals surface area (Å²) in [6.45, 7) is 2.85. The van der Waals surface area contributed by atoms with Gasteiger partial charge in [0.2, 0.25) is 0 Å². The van der Waals surface area contributed by atoms with Crippen LogP contribution in [0.5, 0.6) is 5.75 Å². The number of hydrogen-bond acceptors (Lipinski definition) is 4. The molecular weight excluding hydrogens is 340 g/mol. The van der Waals surface area contributed by atoms with Crippen LogP contribution in [-0.4, -0.2) is 28.9 Å². The highest BCUT2D eigenvalue weighted by Crippen LogP contribution is 2.16. The van der Waals surface area contributed by atoms with Gasteiger partial charge in [0.25, 0.3) is 5.91 Å². The number of unbranched alkanes of at least 4 members (excludes halogenated alkanes) is 1. The van der Waals surface area contributed by atoms with E-state index in [2.05, 4.69) is 27.6 Å². The fraction of sp³-hybridized carbons (Fsp3) is 0.190. The van der Waals surface area contributed by atoms with Crippen molar-refractivity contribution in [3.8, 4) is 17.0 Å². The molecule has 138 valence electrons. The average Bonchev–Trinajstić information content (AvgIpc) is 3.20. The van der Waals surface area contributed by atoms with Gasteiger partial charge in [-0.1, -0.05) is 43.7 Å². The van der Waals surface area contributed by atoms with Gasteiger partial charge in [-0.15, -0.1) is 0 Å². The minimum atomic E-state index is -0.347. The van der Waals surface area contributed by atoms with Crippen molar-refractivity contribution in [2.24, 2.45) is 5.10 Å². The molecule has 0 saturated carbocycles. The Morgan fingerprint density at radius 1 is 1.19 bits per heavy atom. The molecular formula is C21H22N4O2. The number of ether oxygens (including phenoxy) is 1. The molecule has 2 aromatic carbocycles. The monoisotopic (exact) mass is 362 g/mol. The lowest BCUT2D eigenvalue weighted by atomic mass is 10.1. The van der Waals surface area contributed by atoms with E-state index in [-0.39, 0.29) is 5.91 Å². The van der Waals surface area contributed by atoms with Gasteiger partial charge in [-0.05, 0) is 42.3 Å². The first-order chi connectivity index (χ1) is 13.3. The molecule has 6 heteroatoms. The number of nitrogens with zero attached hydrogens (tertiary/aromatic N) is 2. The molecule has 2 N–H and O–H groups in total. The van der Waals surface area contributed by atoms with Crippen LogP contribution in [0.2, 0.25) is 0 Å². The highest BCUT2D eigenvalue weighted by Gasteiger charge is 2.09. The first-order valence-corrected chi connectivity index (χ1v) is 8.93. The van der Waals surface area contributed by atoms with Crippen LogP contribution in [0.25, 0.3) is 11.3 Å². The third kappa shape index (κ3) is 5.28. The highest BCUT2D eigenvalue weighted by atomic mass is 16.5. The number of rotatable bonds is 8. The smallest absolute Gasteiger partial charge is 0.289 e. The minimum Gasteiger partial charge on any atom is -0.494 e. The van der Waals surface area contributed by atoms with E-state index in [0.29, 0.717) is 11.4 Å². The van der Waals surface area contributed by atoms with Gasteiger partial charge in [-0.3, -0.25) is 9.89 Å². The predicted molar refractivity (Wildman–Crippen MR) is 106 cm³/mol. The number of carbonyl (C=O) groups excluding carboxylic acids is 1. The van der Waals surface area contributed by atoms with E-state index in [1.165, 1.54) is 0 Å². The molecule has 0 saturated heterocycles. The van der Waals surface area contributed by atoms with Crippen LogP contribution in [0, 0.1) is 0 Å². The van der Waals surface area contributed by atoms with Gasteiger partial charge in [0.15, 0.2) is 0 Å². The lowest BCUT2D eigenvalue weighted by Gasteiger charge is -2.04. The summed E-state index contributed by atoms with van der Waals surface area (Å²) < 4.78 is 5.62. The van der Waals surface area contributed by atoms with Crippen molar-refractivity contribution in [3.05, 3.63) is 71.9 Å². The van der Waals surface area contributed by atoms with E-state index in [9.17, 15) is 4.79 Å². The number of nitrogens with one attached hydrogen (secondary N) is 2. The van der Waals surface area contributed by atoms with E-state index in [1.807, 2.05) is 54.6 Å². The Labute approximate surface area is 158 Å². The Bertz CT molecular complexity index is 886. The minimum absolute atomic E-state index is 0.347. The number of H-pyrrole nitrogens is 1. The van der Waals surface area contributed by atoms with Gasteiger partial charge in [-0.25, -0.2) is 5.43 Å². The second kappa shape index (κ2) is 9.33. The molecule has 0 aliphatic carbocycles. The summed E-state index contributed by atoms with van der Waals surface area (Å²) in [6, 6.07) is 18.9. The molecule has 3 aromatic rings. The van der Waals surface area contributed by atoms with Crippen LogP contribution in [0.4, 0.5) is 0 Å². The summed E-state index contributed by atoms with van der Waals surface area (Å²) in [7, 11) is 0. The Morgan fingerprint density at radius 2 is 1.96 bits per heavy atom. The maximum atomic E-state index is 12.2. The van der Waals surface area contributed by atoms with Crippen molar-refractivity contribution in [2.45, 2.75) is 19.8 Å². The van der Waals surface area contributed by atoms with Gasteiger partial charge < -0.3 is 4.74 Å². The van der Waals surface area contributed by atoms with Gasteiger partial charge in [0.05, 0.1) is 18.5 Å². The first-order valence-electron chi connectivity index (χ1n) is 8.93. The normalized spacial score (nSPS) is 10.9. The summed E-state index contributed by atoms with van der Waals surface area (Å²) in [5, 5.41) is 10.9. The number of carbonyl (C=O) groups is 1. The topological polar surface area (TPSA) is 79.4 Å². The molecule has 0 aliphatic rings. The van der Waals surface area contributed by atoms with E-state index in [1.54, 1.807) is 12.3 Å². The number of hydrazone groups is 1. The molecule has 0 unspecified atom stereocenters. The number of aromatic amines is 1. The molecule has 1 heterocycles. The highest BCUT2D eigenvalue weighted by molar-refractivity contribution is 5.94. The molecule has 0 spiro atoms. The van der Waals surface area contributed by atoms with Crippen molar-refractivity contribution in [2.75, 3.05) is 6.61 Å². The van der Waals surface area contributed by atoms with Gasteiger partial charge in [-0.2, -0.15) is 10.2 Å². The third-order valence-corrected chi connectivity index (χ3v) is 3.92. The zero-order valence-corrected chi connectivity index (χ0v) is 15.2. The number of amides is 1. The number of hydrogen-bond donors (Lipinski definition) is 2. The van der Waals surface area contributed by atoms with Crippen LogP contribution in [-0.2, 0) is 0 Å². The second-order valence-electron chi connectivity index (χ2n) is 6.00. The predicted octanol–water partition coefficient (Wildman–Crippen LogP) is 4.02. The average molecular weight is 362 g/mol. The van der Waals surface area contributed by atoms with Crippen LogP contribution < -0.4 is 10.2 Å².